The summed E-state index contributed by atoms with van der Waals surface area (Å²) in [6.45, 7) is 6.49. The van der Waals surface area contributed by atoms with E-state index in [1.165, 1.54) is 9.58 Å². The Labute approximate surface area is 169 Å². The molecule has 154 valence electrons. The molecule has 1 atom stereocenters. The second-order valence-electron chi connectivity index (χ2n) is 7.23. The molecule has 3 rings (SSSR count). The fraction of sp³-hybridized carbons (Fsp3) is 0.611. The summed E-state index contributed by atoms with van der Waals surface area (Å²) in [5.41, 5.74) is 1.22. The van der Waals surface area contributed by atoms with Crippen LogP contribution in [0, 0.1) is 6.92 Å². The van der Waals surface area contributed by atoms with Crippen LogP contribution in [0.1, 0.15) is 61.3 Å². The van der Waals surface area contributed by atoms with Crippen molar-refractivity contribution in [3.63, 3.8) is 0 Å². The molecule has 1 fully saturated rings. The molecule has 1 aliphatic rings. The van der Waals surface area contributed by atoms with E-state index in [2.05, 4.69) is 26.1 Å². The second-order valence-corrected chi connectivity index (χ2v) is 8.02. The maximum Gasteiger partial charge on any atom is 0.436 e. The molecule has 0 radical (unpaired) electrons. The zero-order valence-corrected chi connectivity index (χ0v) is 17.8. The third kappa shape index (κ3) is 3.97. The molecule has 2 aromatic rings. The number of likely N-dealkylation sites (N-methyl/N-ethyl adjacent to an activating group) is 1. The summed E-state index contributed by atoms with van der Waals surface area (Å²) in [4.78, 5) is 14.5. The van der Waals surface area contributed by atoms with E-state index in [9.17, 15) is 18.0 Å². The molecule has 2 heterocycles. The topological polar surface area (TPSA) is 56.0 Å². The Morgan fingerprint density at radius 1 is 1.39 bits per heavy atom. The van der Waals surface area contributed by atoms with Gasteiger partial charge in [0.1, 0.15) is 6.04 Å². The fourth-order valence-electron chi connectivity index (χ4n) is 3.26. The number of nitrogens with zero attached hydrogens (tertiary/aromatic N) is 5. The van der Waals surface area contributed by atoms with Crippen LogP contribution in [0.2, 0.25) is 0 Å². The molecule has 1 aliphatic carbocycles. The average Bonchev–Trinajstić information content (AvgIpc) is 3.30. The predicted molar refractivity (Wildman–Crippen MR) is 101 cm³/mol. The minimum absolute atomic E-state index is 0.00330. The van der Waals surface area contributed by atoms with E-state index in [-0.39, 0.29) is 16.3 Å². The number of hydrogen-bond acceptors (Lipinski definition) is 3. The van der Waals surface area contributed by atoms with Gasteiger partial charge in [0.2, 0.25) is 5.91 Å². The number of carbonyl (C=O) groups excluding carboxylic acids is 1. The molecule has 0 bridgehead atoms. The van der Waals surface area contributed by atoms with Crippen molar-refractivity contribution in [2.24, 2.45) is 0 Å². The molecule has 10 heteroatoms. The van der Waals surface area contributed by atoms with E-state index in [1.54, 1.807) is 18.7 Å². The SMILES string of the molecule is CCn1cc(CN(C)C(=O)[C@H](C)n2nc(C(F)(F)F)c(Br)c2C2CC2)c(C)n1. The van der Waals surface area contributed by atoms with Crippen molar-refractivity contribution in [2.75, 3.05) is 7.05 Å². The Kier molecular flexibility index (Phi) is 5.62. The highest BCUT2D eigenvalue weighted by atomic mass is 79.9. The zero-order chi connectivity index (χ0) is 20.8. The molecule has 1 amide bonds. The van der Waals surface area contributed by atoms with Crippen LogP contribution in [0.15, 0.2) is 10.7 Å². The molecular weight excluding hydrogens is 439 g/mol. The summed E-state index contributed by atoms with van der Waals surface area (Å²) in [7, 11) is 1.64. The Hall–Kier alpha value is -1.84. The van der Waals surface area contributed by atoms with Gasteiger partial charge in [0.05, 0.1) is 15.9 Å². The highest BCUT2D eigenvalue weighted by molar-refractivity contribution is 9.10. The van der Waals surface area contributed by atoms with Gasteiger partial charge >= 0.3 is 6.18 Å². The van der Waals surface area contributed by atoms with E-state index in [4.69, 9.17) is 0 Å². The summed E-state index contributed by atoms with van der Waals surface area (Å²) in [5.74, 6) is -0.294. The van der Waals surface area contributed by atoms with Gasteiger partial charge in [0, 0.05) is 37.8 Å². The minimum atomic E-state index is -4.58. The number of alkyl halides is 3. The van der Waals surface area contributed by atoms with Crippen LogP contribution in [-0.4, -0.2) is 37.4 Å². The monoisotopic (exact) mass is 461 g/mol. The van der Waals surface area contributed by atoms with Crippen molar-refractivity contribution in [1.82, 2.24) is 24.5 Å². The highest BCUT2D eigenvalue weighted by Gasteiger charge is 2.43. The number of halogens is 4. The van der Waals surface area contributed by atoms with Gasteiger partial charge in [-0.05, 0) is 49.5 Å². The molecule has 0 aromatic carbocycles. The lowest BCUT2D eigenvalue weighted by molar-refractivity contribution is -0.143. The Bertz CT molecular complexity index is 885. The standard InChI is InChI=1S/C18H23BrF3N5O/c1-5-26-9-13(10(2)23-26)8-25(4)17(28)11(3)27-15(12-6-7-12)14(19)16(24-27)18(20,21)22/h9,11-12H,5-8H2,1-4H3/t11-/m0/s1. The van der Waals surface area contributed by atoms with Crippen LogP contribution in [0.3, 0.4) is 0 Å². The first kappa shape index (κ1) is 20.9. The fourth-order valence-corrected chi connectivity index (χ4v) is 4.07. The van der Waals surface area contributed by atoms with Gasteiger partial charge in [-0.15, -0.1) is 0 Å². The van der Waals surface area contributed by atoms with Crippen molar-refractivity contribution in [3.8, 4) is 0 Å². The number of aryl methyl sites for hydroxylation is 2. The lowest BCUT2D eigenvalue weighted by Crippen LogP contribution is -2.34. The van der Waals surface area contributed by atoms with Gasteiger partial charge in [-0.25, -0.2) is 0 Å². The first-order chi connectivity index (χ1) is 13.0. The van der Waals surface area contributed by atoms with Crippen molar-refractivity contribution >= 4 is 21.8 Å². The smallest absolute Gasteiger partial charge is 0.339 e. The van der Waals surface area contributed by atoms with E-state index < -0.39 is 17.9 Å². The number of hydrogen-bond donors (Lipinski definition) is 0. The molecule has 0 aliphatic heterocycles. The summed E-state index contributed by atoms with van der Waals surface area (Å²) in [5, 5.41) is 8.13. The summed E-state index contributed by atoms with van der Waals surface area (Å²) < 4.78 is 42.9. The summed E-state index contributed by atoms with van der Waals surface area (Å²) >= 11 is 3.07. The van der Waals surface area contributed by atoms with Crippen molar-refractivity contribution < 1.29 is 18.0 Å². The Morgan fingerprint density at radius 3 is 2.54 bits per heavy atom. The normalized spacial score (nSPS) is 15.7. The second kappa shape index (κ2) is 7.53. The van der Waals surface area contributed by atoms with Crippen LogP contribution in [0.5, 0.6) is 0 Å². The quantitative estimate of drug-likeness (QED) is 0.644. The van der Waals surface area contributed by atoms with Crippen molar-refractivity contribution in [1.29, 1.82) is 0 Å². The van der Waals surface area contributed by atoms with Crippen LogP contribution in [0.4, 0.5) is 13.2 Å². The lowest BCUT2D eigenvalue weighted by Gasteiger charge is -2.23. The van der Waals surface area contributed by atoms with Gasteiger partial charge in [-0.1, -0.05) is 0 Å². The minimum Gasteiger partial charge on any atom is -0.339 e. The Balaban J connectivity index is 1.85. The number of amides is 1. The molecule has 6 nitrogen and oxygen atoms in total. The maximum absolute atomic E-state index is 13.3. The average molecular weight is 462 g/mol. The van der Waals surface area contributed by atoms with E-state index in [0.29, 0.717) is 12.2 Å². The van der Waals surface area contributed by atoms with Gasteiger partial charge in [-0.3, -0.25) is 14.2 Å². The van der Waals surface area contributed by atoms with Gasteiger partial charge in [0.15, 0.2) is 5.69 Å². The first-order valence-electron chi connectivity index (χ1n) is 9.17. The van der Waals surface area contributed by atoms with Crippen molar-refractivity contribution in [2.45, 2.75) is 64.8 Å². The summed E-state index contributed by atoms with van der Waals surface area (Å²) in [6.07, 6.45) is -1.10. The molecule has 0 N–H and O–H groups in total. The highest BCUT2D eigenvalue weighted by Crippen LogP contribution is 2.47. The molecule has 0 spiro atoms. The predicted octanol–water partition coefficient (Wildman–Crippen LogP) is 4.29. The van der Waals surface area contributed by atoms with E-state index in [1.807, 2.05) is 20.0 Å². The third-order valence-corrected chi connectivity index (χ3v) is 5.78. The van der Waals surface area contributed by atoms with Gasteiger partial charge in [-0.2, -0.15) is 23.4 Å². The van der Waals surface area contributed by atoms with Crippen LogP contribution in [-0.2, 0) is 24.1 Å². The largest absolute Gasteiger partial charge is 0.436 e. The molecule has 2 aromatic heterocycles. The van der Waals surface area contributed by atoms with Crippen LogP contribution < -0.4 is 0 Å². The molecular formula is C18H23BrF3N5O. The Morgan fingerprint density at radius 2 is 2.04 bits per heavy atom. The first-order valence-corrected chi connectivity index (χ1v) is 9.96. The van der Waals surface area contributed by atoms with E-state index >= 15 is 0 Å². The van der Waals surface area contributed by atoms with Crippen LogP contribution >= 0.6 is 15.9 Å². The molecule has 0 saturated heterocycles. The van der Waals surface area contributed by atoms with Crippen molar-refractivity contribution in [3.05, 3.63) is 33.3 Å². The zero-order valence-electron chi connectivity index (χ0n) is 16.2. The number of carbonyl (C=O) groups is 1. The number of aromatic nitrogens is 4. The lowest BCUT2D eigenvalue weighted by atomic mass is 10.2. The maximum atomic E-state index is 13.3. The molecule has 0 unspecified atom stereocenters. The third-order valence-electron chi connectivity index (χ3n) is 5.00. The number of rotatable bonds is 6. The summed E-state index contributed by atoms with van der Waals surface area (Å²) in [6, 6.07) is -0.838. The molecule has 1 saturated carbocycles. The van der Waals surface area contributed by atoms with Gasteiger partial charge in [0.25, 0.3) is 0 Å². The van der Waals surface area contributed by atoms with E-state index in [0.717, 1.165) is 30.6 Å². The van der Waals surface area contributed by atoms with Gasteiger partial charge < -0.3 is 4.90 Å². The van der Waals surface area contributed by atoms with Crippen LogP contribution in [0.25, 0.3) is 0 Å². The molecule has 28 heavy (non-hydrogen) atoms.